The molecular weight excluding hydrogens is 246 g/mol. The normalized spacial score (nSPS) is 27.5. The summed E-state index contributed by atoms with van der Waals surface area (Å²) in [6, 6.07) is 0. The van der Waals surface area contributed by atoms with Gasteiger partial charge in [0.05, 0.1) is 12.0 Å². The van der Waals surface area contributed by atoms with E-state index in [9.17, 15) is 9.59 Å². The fraction of sp³-hybridized carbons (Fsp3) is 0.846. The first-order chi connectivity index (χ1) is 9.07. The molecule has 0 saturated carbocycles. The standard InChI is InChI=1S/C13H23N3O3/c1-3-19-12(18)16-8-6-15(7-9-16)11(17)13(2)4-5-14-10-13/h14H,3-10H2,1-2H3. The van der Waals surface area contributed by atoms with Crippen molar-refractivity contribution in [2.75, 3.05) is 45.9 Å². The molecule has 2 amide bonds. The van der Waals surface area contributed by atoms with E-state index in [-0.39, 0.29) is 17.4 Å². The number of hydrogen-bond donors (Lipinski definition) is 1. The molecule has 108 valence electrons. The lowest BCUT2D eigenvalue weighted by atomic mass is 9.88. The monoisotopic (exact) mass is 269 g/mol. The van der Waals surface area contributed by atoms with Crippen LogP contribution >= 0.6 is 0 Å². The molecule has 2 heterocycles. The molecule has 2 aliphatic rings. The zero-order valence-corrected chi connectivity index (χ0v) is 11.8. The van der Waals surface area contributed by atoms with Crippen LogP contribution in [0.15, 0.2) is 0 Å². The average molecular weight is 269 g/mol. The highest BCUT2D eigenvalue weighted by molar-refractivity contribution is 5.83. The number of rotatable bonds is 2. The second-order valence-corrected chi connectivity index (χ2v) is 5.47. The fourth-order valence-corrected chi connectivity index (χ4v) is 2.69. The maximum absolute atomic E-state index is 12.5. The Hall–Kier alpha value is -1.30. The summed E-state index contributed by atoms with van der Waals surface area (Å²) in [6.07, 6.45) is 0.618. The summed E-state index contributed by atoms with van der Waals surface area (Å²) in [6.45, 7) is 8.21. The minimum absolute atomic E-state index is 0.209. The molecule has 0 bridgehead atoms. The topological polar surface area (TPSA) is 61.9 Å². The predicted octanol–water partition coefficient (Wildman–Crippen LogP) is 0.287. The van der Waals surface area contributed by atoms with Crippen molar-refractivity contribution < 1.29 is 14.3 Å². The Morgan fingerprint density at radius 3 is 2.37 bits per heavy atom. The summed E-state index contributed by atoms with van der Waals surface area (Å²) in [7, 11) is 0. The number of hydrogen-bond acceptors (Lipinski definition) is 4. The fourth-order valence-electron chi connectivity index (χ4n) is 2.69. The molecule has 0 aliphatic carbocycles. The van der Waals surface area contributed by atoms with Gasteiger partial charge in [0.1, 0.15) is 0 Å². The summed E-state index contributed by atoms with van der Waals surface area (Å²) < 4.78 is 4.97. The van der Waals surface area contributed by atoms with Crippen molar-refractivity contribution in [2.24, 2.45) is 5.41 Å². The van der Waals surface area contributed by atoms with E-state index in [1.54, 1.807) is 11.8 Å². The molecule has 0 aromatic rings. The van der Waals surface area contributed by atoms with Crippen molar-refractivity contribution in [1.29, 1.82) is 0 Å². The molecule has 0 aromatic carbocycles. The van der Waals surface area contributed by atoms with E-state index < -0.39 is 0 Å². The minimum atomic E-state index is -0.275. The number of carbonyl (C=O) groups excluding carboxylic acids is 2. The number of ether oxygens (including phenoxy) is 1. The Bertz CT molecular complexity index is 345. The van der Waals surface area contributed by atoms with Crippen molar-refractivity contribution in [3.8, 4) is 0 Å². The van der Waals surface area contributed by atoms with Gasteiger partial charge >= 0.3 is 6.09 Å². The Balaban J connectivity index is 1.86. The van der Waals surface area contributed by atoms with Gasteiger partial charge in [-0.05, 0) is 26.8 Å². The maximum atomic E-state index is 12.5. The van der Waals surface area contributed by atoms with Gasteiger partial charge in [0.2, 0.25) is 5.91 Å². The molecule has 0 radical (unpaired) electrons. The van der Waals surface area contributed by atoms with Gasteiger partial charge in [0.25, 0.3) is 0 Å². The Labute approximate surface area is 114 Å². The summed E-state index contributed by atoms with van der Waals surface area (Å²) in [5.41, 5.74) is -0.272. The number of piperazine rings is 1. The molecule has 1 unspecified atom stereocenters. The van der Waals surface area contributed by atoms with Crippen molar-refractivity contribution in [3.63, 3.8) is 0 Å². The highest BCUT2D eigenvalue weighted by Gasteiger charge is 2.40. The highest BCUT2D eigenvalue weighted by Crippen LogP contribution is 2.27. The van der Waals surface area contributed by atoms with Crippen LogP contribution in [-0.4, -0.2) is 67.7 Å². The zero-order valence-electron chi connectivity index (χ0n) is 11.8. The molecule has 0 spiro atoms. The second kappa shape index (κ2) is 5.77. The van der Waals surface area contributed by atoms with Crippen molar-refractivity contribution in [3.05, 3.63) is 0 Å². The third kappa shape index (κ3) is 3.00. The van der Waals surface area contributed by atoms with Crippen LogP contribution in [0.5, 0.6) is 0 Å². The Kier molecular flexibility index (Phi) is 4.29. The average Bonchev–Trinajstić information content (AvgIpc) is 2.86. The van der Waals surface area contributed by atoms with Gasteiger partial charge in [-0.3, -0.25) is 4.79 Å². The van der Waals surface area contributed by atoms with E-state index in [2.05, 4.69) is 5.32 Å². The van der Waals surface area contributed by atoms with Gasteiger partial charge in [-0.2, -0.15) is 0 Å². The molecule has 6 heteroatoms. The lowest BCUT2D eigenvalue weighted by Crippen LogP contribution is -2.54. The molecule has 2 fully saturated rings. The molecule has 2 saturated heterocycles. The quantitative estimate of drug-likeness (QED) is 0.782. The summed E-state index contributed by atoms with van der Waals surface area (Å²) in [5, 5.41) is 3.24. The van der Waals surface area contributed by atoms with E-state index in [1.165, 1.54) is 0 Å². The zero-order chi connectivity index (χ0) is 13.9. The first-order valence-electron chi connectivity index (χ1n) is 6.98. The van der Waals surface area contributed by atoms with E-state index in [0.717, 1.165) is 19.5 Å². The van der Waals surface area contributed by atoms with Crippen LogP contribution in [0.3, 0.4) is 0 Å². The SMILES string of the molecule is CCOC(=O)N1CCN(C(=O)C2(C)CCNC2)CC1. The summed E-state index contributed by atoms with van der Waals surface area (Å²) >= 11 is 0. The molecule has 19 heavy (non-hydrogen) atoms. The summed E-state index contributed by atoms with van der Waals surface area (Å²) in [4.78, 5) is 27.6. The molecule has 1 atom stereocenters. The molecule has 2 aliphatic heterocycles. The lowest BCUT2D eigenvalue weighted by Gasteiger charge is -2.37. The Morgan fingerprint density at radius 2 is 1.84 bits per heavy atom. The predicted molar refractivity (Wildman–Crippen MR) is 70.8 cm³/mol. The number of amides is 2. The van der Waals surface area contributed by atoms with Crippen LogP contribution in [-0.2, 0) is 9.53 Å². The van der Waals surface area contributed by atoms with Crippen LogP contribution in [0, 0.1) is 5.41 Å². The second-order valence-electron chi connectivity index (χ2n) is 5.47. The summed E-state index contributed by atoms with van der Waals surface area (Å²) in [5.74, 6) is 0.209. The third-order valence-corrected chi connectivity index (χ3v) is 3.98. The van der Waals surface area contributed by atoms with Crippen molar-refractivity contribution in [2.45, 2.75) is 20.3 Å². The Morgan fingerprint density at radius 1 is 1.21 bits per heavy atom. The number of carbonyl (C=O) groups is 2. The van der Waals surface area contributed by atoms with Gasteiger partial charge in [-0.25, -0.2) is 4.79 Å². The van der Waals surface area contributed by atoms with E-state index in [0.29, 0.717) is 32.8 Å². The lowest BCUT2D eigenvalue weighted by molar-refractivity contribution is -0.141. The largest absolute Gasteiger partial charge is 0.450 e. The van der Waals surface area contributed by atoms with Gasteiger partial charge < -0.3 is 19.9 Å². The van der Waals surface area contributed by atoms with Crippen LogP contribution in [0.1, 0.15) is 20.3 Å². The maximum Gasteiger partial charge on any atom is 0.409 e. The van der Waals surface area contributed by atoms with Gasteiger partial charge in [0.15, 0.2) is 0 Å². The van der Waals surface area contributed by atoms with E-state index >= 15 is 0 Å². The van der Waals surface area contributed by atoms with Crippen LogP contribution in [0.2, 0.25) is 0 Å². The van der Waals surface area contributed by atoms with Crippen LogP contribution in [0.25, 0.3) is 0 Å². The number of nitrogens with zero attached hydrogens (tertiary/aromatic N) is 2. The van der Waals surface area contributed by atoms with Crippen molar-refractivity contribution >= 4 is 12.0 Å². The first kappa shape index (κ1) is 14.1. The van der Waals surface area contributed by atoms with Gasteiger partial charge in [-0.15, -0.1) is 0 Å². The molecule has 1 N–H and O–H groups in total. The van der Waals surface area contributed by atoms with Gasteiger partial charge in [0, 0.05) is 32.7 Å². The van der Waals surface area contributed by atoms with E-state index in [1.807, 2.05) is 11.8 Å². The van der Waals surface area contributed by atoms with Gasteiger partial charge in [-0.1, -0.05) is 0 Å². The van der Waals surface area contributed by atoms with Crippen LogP contribution < -0.4 is 5.32 Å². The molecule has 2 rings (SSSR count). The highest BCUT2D eigenvalue weighted by atomic mass is 16.6. The molecular formula is C13H23N3O3. The molecule has 0 aromatic heterocycles. The first-order valence-corrected chi connectivity index (χ1v) is 6.98. The minimum Gasteiger partial charge on any atom is -0.450 e. The number of nitrogens with one attached hydrogen (secondary N) is 1. The van der Waals surface area contributed by atoms with Crippen molar-refractivity contribution in [1.82, 2.24) is 15.1 Å². The smallest absolute Gasteiger partial charge is 0.409 e. The third-order valence-electron chi connectivity index (χ3n) is 3.98. The molecule has 6 nitrogen and oxygen atoms in total. The van der Waals surface area contributed by atoms with E-state index in [4.69, 9.17) is 4.74 Å². The van der Waals surface area contributed by atoms with Crippen LogP contribution in [0.4, 0.5) is 4.79 Å².